The molecular formula is C17H24F2O4. The second-order valence-corrected chi connectivity index (χ2v) is 5.54. The third kappa shape index (κ3) is 8.38. The lowest BCUT2D eigenvalue weighted by Gasteiger charge is -2.08. The van der Waals surface area contributed by atoms with Gasteiger partial charge in [0, 0.05) is 6.42 Å². The van der Waals surface area contributed by atoms with Crippen molar-refractivity contribution < 1.29 is 28.5 Å². The number of carboxylic acid groups (broad SMARTS) is 1. The number of unbranched alkanes of at least 4 members (excludes halogenated alkanes) is 6. The van der Waals surface area contributed by atoms with Crippen LogP contribution in [0, 0.1) is 0 Å². The molecule has 0 aliphatic carbocycles. The molecule has 130 valence electrons. The Morgan fingerprint density at radius 2 is 1.65 bits per heavy atom. The summed E-state index contributed by atoms with van der Waals surface area (Å²) < 4.78 is 28.4. The number of para-hydroxylation sites is 1. The first kappa shape index (κ1) is 19.2. The van der Waals surface area contributed by atoms with Crippen LogP contribution < -0.4 is 4.74 Å². The number of phenolic OH excluding ortho intramolecular Hbond substituents is 1. The van der Waals surface area contributed by atoms with Crippen molar-refractivity contribution in [2.24, 2.45) is 0 Å². The number of alkyl halides is 2. The number of phenols is 1. The number of halogens is 2. The molecule has 1 aromatic rings. The van der Waals surface area contributed by atoms with E-state index in [4.69, 9.17) is 5.11 Å². The number of ether oxygens (including phenoxy) is 1. The van der Waals surface area contributed by atoms with E-state index in [-0.39, 0.29) is 17.9 Å². The minimum Gasteiger partial charge on any atom is -0.504 e. The molecule has 0 aromatic heterocycles. The van der Waals surface area contributed by atoms with Gasteiger partial charge in [-0.15, -0.1) is 0 Å². The Morgan fingerprint density at radius 3 is 2.26 bits per heavy atom. The molecule has 0 spiro atoms. The lowest BCUT2D eigenvalue weighted by Crippen LogP contribution is -2.03. The first-order valence-corrected chi connectivity index (χ1v) is 8.00. The molecule has 0 amide bonds. The second kappa shape index (κ2) is 10.8. The Labute approximate surface area is 135 Å². The average molecular weight is 330 g/mol. The van der Waals surface area contributed by atoms with Crippen molar-refractivity contribution in [1.82, 2.24) is 0 Å². The molecule has 0 saturated carbocycles. The molecule has 0 unspecified atom stereocenters. The van der Waals surface area contributed by atoms with E-state index < -0.39 is 12.6 Å². The summed E-state index contributed by atoms with van der Waals surface area (Å²) in [6, 6.07) is 4.80. The van der Waals surface area contributed by atoms with Crippen molar-refractivity contribution in [3.8, 4) is 11.5 Å². The van der Waals surface area contributed by atoms with E-state index in [0.29, 0.717) is 18.4 Å². The zero-order valence-electron chi connectivity index (χ0n) is 13.1. The van der Waals surface area contributed by atoms with Crippen molar-refractivity contribution in [3.05, 3.63) is 23.8 Å². The number of carbonyl (C=O) groups is 1. The summed E-state index contributed by atoms with van der Waals surface area (Å²) in [6.07, 6.45) is 3.31. The van der Waals surface area contributed by atoms with E-state index in [2.05, 4.69) is 4.74 Å². The summed E-state index contributed by atoms with van der Waals surface area (Å²) >= 11 is 0. The fourth-order valence-corrected chi connectivity index (χ4v) is 2.44. The maximum Gasteiger partial charge on any atom is 0.511 e. The van der Waals surface area contributed by atoms with Crippen LogP contribution >= 0.6 is 0 Å². The van der Waals surface area contributed by atoms with Crippen LogP contribution in [0.4, 0.5) is 13.6 Å². The van der Waals surface area contributed by atoms with E-state index in [1.165, 1.54) is 6.07 Å². The highest BCUT2D eigenvalue weighted by Gasteiger charge is 2.10. The average Bonchev–Trinajstić information content (AvgIpc) is 2.48. The zero-order valence-corrected chi connectivity index (χ0v) is 13.1. The van der Waals surface area contributed by atoms with Crippen LogP contribution in [-0.2, 0) is 6.42 Å². The van der Waals surface area contributed by atoms with Gasteiger partial charge in [0.05, 0.1) is 0 Å². The smallest absolute Gasteiger partial charge is 0.504 e. The molecule has 0 heterocycles. The van der Waals surface area contributed by atoms with Crippen LogP contribution in [0.15, 0.2) is 18.2 Å². The molecule has 4 nitrogen and oxygen atoms in total. The van der Waals surface area contributed by atoms with Gasteiger partial charge in [-0.25, -0.2) is 13.6 Å². The predicted octanol–water partition coefficient (Wildman–Crippen LogP) is 5.38. The molecule has 0 aliphatic heterocycles. The highest BCUT2D eigenvalue weighted by Crippen LogP contribution is 2.31. The van der Waals surface area contributed by atoms with Crippen LogP contribution in [0.3, 0.4) is 0 Å². The Kier molecular flexibility index (Phi) is 9.02. The van der Waals surface area contributed by atoms with Gasteiger partial charge >= 0.3 is 6.16 Å². The maximum atomic E-state index is 11.9. The fourth-order valence-electron chi connectivity index (χ4n) is 2.44. The van der Waals surface area contributed by atoms with Gasteiger partial charge in [0.15, 0.2) is 11.5 Å². The van der Waals surface area contributed by atoms with Gasteiger partial charge in [-0.3, -0.25) is 0 Å². The van der Waals surface area contributed by atoms with E-state index >= 15 is 0 Å². The lowest BCUT2D eigenvalue weighted by atomic mass is 10.0. The summed E-state index contributed by atoms with van der Waals surface area (Å²) in [6.45, 7) is 0. The summed E-state index contributed by atoms with van der Waals surface area (Å²) in [5.74, 6) is -0.170. The van der Waals surface area contributed by atoms with Crippen molar-refractivity contribution in [3.63, 3.8) is 0 Å². The fraction of sp³-hybridized carbons (Fsp3) is 0.588. The number of hydrogen-bond acceptors (Lipinski definition) is 3. The van der Waals surface area contributed by atoms with Crippen LogP contribution in [0.5, 0.6) is 11.5 Å². The summed E-state index contributed by atoms with van der Waals surface area (Å²) in [7, 11) is 0. The molecule has 1 rings (SSSR count). The van der Waals surface area contributed by atoms with Gasteiger partial charge in [-0.05, 0) is 30.9 Å². The molecule has 0 aliphatic rings. The SMILES string of the molecule is O=C(O)Oc1cccc(CCCCCCCCCC(F)F)c1O. The molecule has 0 fully saturated rings. The number of aromatic hydroxyl groups is 1. The van der Waals surface area contributed by atoms with E-state index in [1.807, 2.05) is 0 Å². The zero-order chi connectivity index (χ0) is 17.1. The molecule has 0 radical (unpaired) electrons. The van der Waals surface area contributed by atoms with E-state index in [0.717, 1.165) is 38.5 Å². The minimum atomic E-state index is -2.19. The predicted molar refractivity (Wildman–Crippen MR) is 83.4 cm³/mol. The van der Waals surface area contributed by atoms with Crippen LogP contribution in [0.25, 0.3) is 0 Å². The molecule has 0 atom stereocenters. The van der Waals surface area contributed by atoms with Gasteiger partial charge in [0.1, 0.15) is 0 Å². The number of rotatable bonds is 11. The Balaban J connectivity index is 2.17. The third-order valence-electron chi connectivity index (χ3n) is 3.65. The van der Waals surface area contributed by atoms with Gasteiger partial charge in [0.25, 0.3) is 0 Å². The number of benzene rings is 1. The van der Waals surface area contributed by atoms with Gasteiger partial charge in [-0.2, -0.15) is 0 Å². The molecular weight excluding hydrogens is 306 g/mol. The Hall–Kier alpha value is -1.85. The normalized spacial score (nSPS) is 10.9. The van der Waals surface area contributed by atoms with E-state index in [9.17, 15) is 18.7 Å². The first-order chi connectivity index (χ1) is 11.0. The first-order valence-electron chi connectivity index (χ1n) is 8.00. The summed E-state index contributed by atoms with van der Waals surface area (Å²) in [4.78, 5) is 10.5. The molecule has 6 heteroatoms. The van der Waals surface area contributed by atoms with Gasteiger partial charge in [-0.1, -0.05) is 44.2 Å². The summed E-state index contributed by atoms with van der Waals surface area (Å²) in [5, 5.41) is 18.5. The molecule has 0 saturated heterocycles. The molecule has 2 N–H and O–H groups in total. The monoisotopic (exact) mass is 330 g/mol. The van der Waals surface area contributed by atoms with Crippen molar-refractivity contribution >= 4 is 6.16 Å². The minimum absolute atomic E-state index is 0.00592. The summed E-state index contributed by atoms with van der Waals surface area (Å²) in [5.41, 5.74) is 0.667. The maximum absolute atomic E-state index is 11.9. The van der Waals surface area contributed by atoms with Crippen LogP contribution in [0.2, 0.25) is 0 Å². The van der Waals surface area contributed by atoms with Crippen molar-refractivity contribution in [1.29, 1.82) is 0 Å². The molecule has 0 bridgehead atoms. The van der Waals surface area contributed by atoms with E-state index in [1.54, 1.807) is 12.1 Å². The van der Waals surface area contributed by atoms with Crippen molar-refractivity contribution in [2.45, 2.75) is 64.2 Å². The second-order valence-electron chi connectivity index (χ2n) is 5.54. The van der Waals surface area contributed by atoms with Gasteiger partial charge < -0.3 is 14.9 Å². The Bertz CT molecular complexity index is 478. The van der Waals surface area contributed by atoms with Crippen LogP contribution in [0.1, 0.15) is 56.9 Å². The third-order valence-corrected chi connectivity index (χ3v) is 3.65. The lowest BCUT2D eigenvalue weighted by molar-refractivity contribution is 0.133. The van der Waals surface area contributed by atoms with Gasteiger partial charge in [0.2, 0.25) is 6.43 Å². The standard InChI is InChI=1S/C17H24F2O4/c18-15(19)12-7-5-3-1-2-4-6-9-13-10-8-11-14(16(13)20)23-17(21)22/h8,10-11,15,20H,1-7,9,12H2,(H,21,22). The Morgan fingerprint density at radius 1 is 1.04 bits per heavy atom. The number of aryl methyl sites for hydroxylation is 1. The van der Waals surface area contributed by atoms with Crippen molar-refractivity contribution in [2.75, 3.05) is 0 Å². The highest BCUT2D eigenvalue weighted by molar-refractivity contribution is 5.63. The highest BCUT2D eigenvalue weighted by atomic mass is 19.3. The number of hydrogen-bond donors (Lipinski definition) is 2. The molecule has 1 aromatic carbocycles. The molecule has 23 heavy (non-hydrogen) atoms. The topological polar surface area (TPSA) is 66.8 Å². The van der Waals surface area contributed by atoms with Crippen LogP contribution in [-0.4, -0.2) is 22.8 Å². The largest absolute Gasteiger partial charge is 0.511 e. The quantitative estimate of drug-likeness (QED) is 0.325.